The molecule has 9 aromatic rings. The first-order valence-corrected chi connectivity index (χ1v) is 24.8. The molecular formula is C66H66N2O. The second-order valence-corrected chi connectivity index (χ2v) is 22.1. The highest BCUT2D eigenvalue weighted by Crippen LogP contribution is 2.51. The van der Waals surface area contributed by atoms with E-state index in [9.17, 15) is 0 Å². The van der Waals surface area contributed by atoms with Crippen molar-refractivity contribution in [1.29, 1.82) is 0 Å². The Morgan fingerprint density at radius 2 is 1.03 bits per heavy atom. The topological polar surface area (TPSA) is 17.4 Å². The summed E-state index contributed by atoms with van der Waals surface area (Å²) in [6.45, 7) is 20.0. The number of hydrogen-bond donors (Lipinski definition) is 0. The van der Waals surface area contributed by atoms with Gasteiger partial charge in [-0.1, -0.05) is 207 Å². The number of fused-ring (bicyclic) bond motifs is 4. The van der Waals surface area contributed by atoms with E-state index < -0.39 is 0 Å². The fourth-order valence-corrected chi connectivity index (χ4v) is 10.9. The largest absolute Gasteiger partial charge is 0.372 e. The van der Waals surface area contributed by atoms with Crippen LogP contribution in [0.2, 0.25) is 0 Å². The van der Waals surface area contributed by atoms with Crippen LogP contribution >= 0.6 is 0 Å². The zero-order valence-corrected chi connectivity index (χ0v) is 42.0. The fraction of sp³-hybridized carbons (Fsp3) is 0.242. The summed E-state index contributed by atoms with van der Waals surface area (Å²) >= 11 is 0. The summed E-state index contributed by atoms with van der Waals surface area (Å²) in [6.07, 6.45) is 1.16. The number of aromatic nitrogens is 1. The van der Waals surface area contributed by atoms with E-state index in [-0.39, 0.29) is 16.2 Å². The summed E-state index contributed by atoms with van der Waals surface area (Å²) in [4.78, 5) is 2.41. The molecule has 0 saturated carbocycles. The third-order valence-corrected chi connectivity index (χ3v) is 14.6. The lowest BCUT2D eigenvalue weighted by atomic mass is 9.69. The standard InChI is InChI=1S/C66H66N2O/c1-64(2,3)42-60(65(4,5)6)49-29-25-46(26-30-49)44-69-43-45-23-27-47(28-24-45)48-31-35-52(36-32-48)68(54-39-40-56-55-19-13-15-21-58(55)66(7,8)59(56)41-54)53-37-33-50(34-38-53)62-57-20-14-16-22-61(57)67(9)63(62)51-17-11-10-12-18-51/h10-41,60H,42-44H2,1-9H3. The second-order valence-electron chi connectivity index (χ2n) is 22.1. The molecule has 1 heterocycles. The predicted molar refractivity (Wildman–Crippen MR) is 293 cm³/mol. The Hall–Kier alpha value is -6.94. The molecule has 1 aromatic heterocycles. The summed E-state index contributed by atoms with van der Waals surface area (Å²) in [6, 6.07) is 71.6. The van der Waals surface area contributed by atoms with E-state index >= 15 is 0 Å². The Balaban J connectivity index is 0.916. The second kappa shape index (κ2) is 18.2. The molecule has 0 saturated heterocycles. The van der Waals surface area contributed by atoms with Crippen LogP contribution in [0, 0.1) is 10.8 Å². The summed E-state index contributed by atoms with van der Waals surface area (Å²) < 4.78 is 8.59. The fourth-order valence-electron chi connectivity index (χ4n) is 10.9. The maximum Gasteiger partial charge on any atom is 0.0721 e. The predicted octanol–water partition coefficient (Wildman–Crippen LogP) is 18.2. The summed E-state index contributed by atoms with van der Waals surface area (Å²) in [5.74, 6) is 0.506. The van der Waals surface area contributed by atoms with Gasteiger partial charge in [0.25, 0.3) is 0 Å². The van der Waals surface area contributed by atoms with Crippen molar-refractivity contribution in [2.45, 2.75) is 86.4 Å². The van der Waals surface area contributed by atoms with Crippen LogP contribution in [-0.4, -0.2) is 4.57 Å². The minimum absolute atomic E-state index is 0.117. The number of nitrogens with zero attached hydrogens (tertiary/aromatic N) is 2. The molecule has 0 aliphatic heterocycles. The van der Waals surface area contributed by atoms with Crippen molar-refractivity contribution < 1.29 is 4.74 Å². The molecule has 0 fully saturated rings. The number of anilines is 3. The molecule has 1 aliphatic carbocycles. The molecular weight excluding hydrogens is 837 g/mol. The van der Waals surface area contributed by atoms with Gasteiger partial charge in [0.2, 0.25) is 0 Å². The van der Waals surface area contributed by atoms with Gasteiger partial charge in [0.15, 0.2) is 0 Å². The van der Waals surface area contributed by atoms with Crippen molar-refractivity contribution >= 4 is 28.0 Å². The highest BCUT2D eigenvalue weighted by Gasteiger charge is 2.36. The number of para-hydroxylation sites is 1. The molecule has 8 aromatic carbocycles. The Bertz CT molecular complexity index is 3230. The minimum atomic E-state index is -0.117. The Labute approximate surface area is 411 Å². The average Bonchev–Trinajstić information content (AvgIpc) is 3.77. The molecule has 1 atom stereocenters. The highest BCUT2D eigenvalue weighted by atomic mass is 16.5. The quantitative estimate of drug-likeness (QED) is 0.122. The van der Waals surface area contributed by atoms with Crippen molar-refractivity contribution in [2.24, 2.45) is 17.9 Å². The van der Waals surface area contributed by atoms with E-state index in [1.807, 2.05) is 0 Å². The Kier molecular flexibility index (Phi) is 12.1. The number of benzene rings is 8. The van der Waals surface area contributed by atoms with Gasteiger partial charge >= 0.3 is 0 Å². The van der Waals surface area contributed by atoms with Gasteiger partial charge in [-0.2, -0.15) is 0 Å². The van der Waals surface area contributed by atoms with Crippen molar-refractivity contribution in [2.75, 3.05) is 4.90 Å². The van der Waals surface area contributed by atoms with Crippen LogP contribution in [0.3, 0.4) is 0 Å². The Morgan fingerprint density at radius 1 is 0.507 bits per heavy atom. The zero-order chi connectivity index (χ0) is 48.1. The number of ether oxygens (including phenoxy) is 1. The molecule has 1 unspecified atom stereocenters. The molecule has 69 heavy (non-hydrogen) atoms. The van der Waals surface area contributed by atoms with Crippen LogP contribution < -0.4 is 4.90 Å². The maximum atomic E-state index is 6.26. The third-order valence-electron chi connectivity index (χ3n) is 14.6. The first-order valence-electron chi connectivity index (χ1n) is 24.8. The number of rotatable bonds is 12. The molecule has 0 radical (unpaired) electrons. The molecule has 3 nitrogen and oxygen atoms in total. The van der Waals surface area contributed by atoms with Gasteiger partial charge in [0.1, 0.15) is 0 Å². The monoisotopic (exact) mass is 903 g/mol. The van der Waals surface area contributed by atoms with Gasteiger partial charge in [0, 0.05) is 46.0 Å². The molecule has 0 amide bonds. The number of aryl methyl sites for hydroxylation is 1. The Morgan fingerprint density at radius 3 is 1.65 bits per heavy atom. The van der Waals surface area contributed by atoms with Crippen molar-refractivity contribution in [3.8, 4) is 44.6 Å². The summed E-state index contributed by atoms with van der Waals surface area (Å²) in [5, 5.41) is 1.25. The summed E-state index contributed by atoms with van der Waals surface area (Å²) in [7, 11) is 2.18. The van der Waals surface area contributed by atoms with E-state index in [1.54, 1.807) is 0 Å². The lowest BCUT2D eigenvalue weighted by Crippen LogP contribution is -2.23. The number of hydrogen-bond acceptors (Lipinski definition) is 2. The van der Waals surface area contributed by atoms with Gasteiger partial charge < -0.3 is 14.2 Å². The van der Waals surface area contributed by atoms with Gasteiger partial charge in [0.05, 0.1) is 18.9 Å². The van der Waals surface area contributed by atoms with E-state index in [1.165, 1.54) is 83.4 Å². The SMILES string of the molecule is Cn1c(-c2ccccc2)c(-c2ccc(N(c3ccc(-c4ccc(COCc5ccc(C(CC(C)(C)C)C(C)(C)C)cc5)cc4)cc3)c3ccc4c(c3)C(C)(C)c3ccccc3-4)cc2)c2ccccc21. The van der Waals surface area contributed by atoms with Crippen LogP contribution in [0.15, 0.2) is 194 Å². The van der Waals surface area contributed by atoms with Crippen LogP contribution in [0.25, 0.3) is 55.5 Å². The molecule has 10 rings (SSSR count). The highest BCUT2D eigenvalue weighted by molar-refractivity contribution is 6.04. The van der Waals surface area contributed by atoms with Gasteiger partial charge in [-0.15, -0.1) is 0 Å². The third kappa shape index (κ3) is 9.09. The van der Waals surface area contributed by atoms with Gasteiger partial charge in [-0.25, -0.2) is 0 Å². The molecule has 1 aliphatic rings. The van der Waals surface area contributed by atoms with Crippen molar-refractivity contribution in [1.82, 2.24) is 4.57 Å². The lowest BCUT2D eigenvalue weighted by Gasteiger charge is -2.36. The van der Waals surface area contributed by atoms with Crippen molar-refractivity contribution in [3.63, 3.8) is 0 Å². The van der Waals surface area contributed by atoms with E-state index in [4.69, 9.17) is 4.74 Å². The molecule has 0 N–H and O–H groups in total. The van der Waals surface area contributed by atoms with Crippen LogP contribution in [0.4, 0.5) is 17.1 Å². The zero-order valence-electron chi connectivity index (χ0n) is 42.0. The molecule has 0 bridgehead atoms. The minimum Gasteiger partial charge on any atom is -0.372 e. The van der Waals surface area contributed by atoms with E-state index in [2.05, 4.69) is 266 Å². The van der Waals surface area contributed by atoms with Crippen LogP contribution in [-0.2, 0) is 30.4 Å². The first kappa shape index (κ1) is 45.8. The van der Waals surface area contributed by atoms with Crippen LogP contribution in [0.5, 0.6) is 0 Å². The van der Waals surface area contributed by atoms with Crippen LogP contribution in [0.1, 0.15) is 95.5 Å². The molecule has 346 valence electrons. The normalized spacial score (nSPS) is 13.6. The van der Waals surface area contributed by atoms with E-state index in [0.29, 0.717) is 19.1 Å². The average molecular weight is 903 g/mol. The van der Waals surface area contributed by atoms with Gasteiger partial charge in [-0.3, -0.25) is 0 Å². The summed E-state index contributed by atoms with van der Waals surface area (Å²) in [5.41, 5.74) is 21.3. The first-order chi connectivity index (χ1) is 33.1. The molecule has 0 spiro atoms. The van der Waals surface area contributed by atoms with Gasteiger partial charge in [-0.05, 0) is 127 Å². The van der Waals surface area contributed by atoms with Crippen molar-refractivity contribution in [3.05, 3.63) is 222 Å². The van der Waals surface area contributed by atoms with E-state index in [0.717, 1.165) is 23.5 Å². The molecule has 3 heteroatoms. The smallest absolute Gasteiger partial charge is 0.0721 e. The maximum absolute atomic E-state index is 6.26. The lowest BCUT2D eigenvalue weighted by molar-refractivity contribution is 0.107.